The second kappa shape index (κ2) is 18.4. The predicted octanol–water partition coefficient (Wildman–Crippen LogP) is 14.5. The van der Waals surface area contributed by atoms with Crippen LogP contribution in [-0.4, -0.2) is 31.4 Å². The molecular formula is C58H42BClO6. The van der Waals surface area contributed by atoms with E-state index < -0.39 is 7.12 Å². The van der Waals surface area contributed by atoms with Crippen molar-refractivity contribution in [3.8, 4) is 44.9 Å². The molecule has 2 heterocycles. The number of halogens is 1. The van der Waals surface area contributed by atoms with Gasteiger partial charge in [-0.2, -0.15) is 0 Å². The molecule has 0 aliphatic heterocycles. The molecule has 12 rings (SSSR count). The Labute approximate surface area is 386 Å². The van der Waals surface area contributed by atoms with Crippen molar-refractivity contribution in [2.24, 2.45) is 0 Å². The molecule has 66 heavy (non-hydrogen) atoms. The number of furan rings is 2. The van der Waals surface area contributed by atoms with Crippen LogP contribution in [0.4, 0.5) is 0 Å². The molecule has 6 nitrogen and oxygen atoms in total. The number of methoxy groups -OCH3 is 2. The number of rotatable bonds is 6. The van der Waals surface area contributed by atoms with E-state index >= 15 is 0 Å². The number of benzene rings is 10. The van der Waals surface area contributed by atoms with Gasteiger partial charge in [0.05, 0.1) is 14.2 Å². The highest BCUT2D eigenvalue weighted by Crippen LogP contribution is 2.40. The van der Waals surface area contributed by atoms with Gasteiger partial charge in [-0.1, -0.05) is 151 Å². The lowest BCUT2D eigenvalue weighted by Crippen LogP contribution is -2.31. The SMILES string of the molecule is COc1cccc(-c2ccccc2-c2ccc3oc4ccc5ccccc5c4c3c2)c1.COc1cccc(-c2ccccc2B(O)O)c1.Clc1ccc2oc3ccc4ccccc4c3c2c1. The third-order valence-electron chi connectivity index (χ3n) is 11.9. The average molecular weight is 881 g/mol. The standard InChI is InChI=1S/C29H20O2.C16H9ClO.C13H13BO3/c1-30-22-9-6-8-20(17-22)23-10-4-5-11-24(23)21-14-15-27-26(18-21)29-25-12-3-2-7-19(25)13-16-28(29)31-27;17-11-6-8-14-13(9-11)16-12-4-2-1-3-10(12)5-7-15(16)18-14;1-17-11-6-4-5-10(9-11)12-7-2-3-8-13(12)14(15)16/h2-18H,1H3;1-9H;2-9,15-16H,1H3. The van der Waals surface area contributed by atoms with Crippen LogP contribution in [0.3, 0.4) is 0 Å². The van der Waals surface area contributed by atoms with E-state index in [0.717, 1.165) is 71.7 Å². The summed E-state index contributed by atoms with van der Waals surface area (Å²) in [5.74, 6) is 1.60. The summed E-state index contributed by atoms with van der Waals surface area (Å²) in [6, 6.07) is 68.7. The first-order valence-corrected chi connectivity index (χ1v) is 21.9. The van der Waals surface area contributed by atoms with E-state index in [1.165, 1.54) is 43.6 Å². The van der Waals surface area contributed by atoms with Crippen molar-refractivity contribution in [3.63, 3.8) is 0 Å². The van der Waals surface area contributed by atoms with Gasteiger partial charge < -0.3 is 28.4 Å². The Bertz CT molecular complexity index is 3700. The van der Waals surface area contributed by atoms with Gasteiger partial charge in [-0.15, -0.1) is 0 Å². The largest absolute Gasteiger partial charge is 0.497 e. The second-order valence-electron chi connectivity index (χ2n) is 15.8. The zero-order chi connectivity index (χ0) is 45.1. The monoisotopic (exact) mass is 880 g/mol. The van der Waals surface area contributed by atoms with Gasteiger partial charge in [-0.25, -0.2) is 0 Å². The third-order valence-corrected chi connectivity index (χ3v) is 12.2. The maximum absolute atomic E-state index is 9.32. The molecule has 0 radical (unpaired) electrons. The molecular weight excluding hydrogens is 839 g/mol. The molecule has 0 spiro atoms. The summed E-state index contributed by atoms with van der Waals surface area (Å²) in [6.07, 6.45) is 0. The van der Waals surface area contributed by atoms with Gasteiger partial charge in [0.15, 0.2) is 0 Å². The third kappa shape index (κ3) is 8.23. The van der Waals surface area contributed by atoms with Gasteiger partial charge in [-0.05, 0) is 127 Å². The highest BCUT2D eigenvalue weighted by molar-refractivity contribution is 6.60. The number of hydrogen-bond acceptors (Lipinski definition) is 6. The lowest BCUT2D eigenvalue weighted by Gasteiger charge is -2.11. The van der Waals surface area contributed by atoms with Gasteiger partial charge in [0.1, 0.15) is 33.8 Å². The van der Waals surface area contributed by atoms with Crippen LogP contribution in [0.2, 0.25) is 5.02 Å². The Balaban J connectivity index is 0.000000125. The Morgan fingerprint density at radius 2 is 0.848 bits per heavy atom. The first kappa shape index (κ1) is 42.2. The number of ether oxygens (including phenoxy) is 2. The minimum atomic E-state index is -1.47. The summed E-state index contributed by atoms with van der Waals surface area (Å²) in [6.45, 7) is 0. The number of fused-ring (bicyclic) bond motifs is 10. The lowest BCUT2D eigenvalue weighted by atomic mass is 9.75. The van der Waals surface area contributed by atoms with Crippen molar-refractivity contribution in [1.29, 1.82) is 0 Å². The molecule has 0 atom stereocenters. The van der Waals surface area contributed by atoms with Crippen molar-refractivity contribution in [2.75, 3.05) is 14.2 Å². The maximum Gasteiger partial charge on any atom is 0.489 e. The average Bonchev–Trinajstić information content (AvgIpc) is 3.95. The van der Waals surface area contributed by atoms with Crippen LogP contribution in [0.15, 0.2) is 215 Å². The molecule has 0 fully saturated rings. The molecule has 0 aliphatic rings. The fourth-order valence-corrected chi connectivity index (χ4v) is 8.96. The summed E-state index contributed by atoms with van der Waals surface area (Å²) in [4.78, 5) is 0. The molecule has 0 bridgehead atoms. The van der Waals surface area contributed by atoms with E-state index in [4.69, 9.17) is 29.9 Å². The van der Waals surface area contributed by atoms with Gasteiger partial charge in [0.25, 0.3) is 0 Å². The smallest absolute Gasteiger partial charge is 0.489 e. The van der Waals surface area contributed by atoms with Crippen LogP contribution in [0.25, 0.3) is 98.8 Å². The van der Waals surface area contributed by atoms with Crippen LogP contribution < -0.4 is 14.9 Å². The summed E-state index contributed by atoms with van der Waals surface area (Å²) < 4.78 is 22.6. The molecule has 0 amide bonds. The number of hydrogen-bond donors (Lipinski definition) is 2. The normalized spacial score (nSPS) is 11.1. The van der Waals surface area contributed by atoms with Crippen LogP contribution in [-0.2, 0) is 0 Å². The molecule has 0 saturated carbocycles. The molecule has 0 saturated heterocycles. The van der Waals surface area contributed by atoms with Crippen molar-refractivity contribution >= 4 is 89.6 Å². The lowest BCUT2D eigenvalue weighted by molar-refractivity contribution is 0.415. The van der Waals surface area contributed by atoms with E-state index in [-0.39, 0.29) is 0 Å². The molecule has 320 valence electrons. The summed E-state index contributed by atoms with van der Waals surface area (Å²) >= 11 is 6.09. The second-order valence-corrected chi connectivity index (χ2v) is 16.3. The Hall–Kier alpha value is -7.81. The Morgan fingerprint density at radius 1 is 0.394 bits per heavy atom. The van der Waals surface area contributed by atoms with Gasteiger partial charge in [0.2, 0.25) is 0 Å². The van der Waals surface area contributed by atoms with Crippen LogP contribution >= 0.6 is 11.6 Å². The highest BCUT2D eigenvalue weighted by Gasteiger charge is 2.17. The minimum Gasteiger partial charge on any atom is -0.497 e. The maximum atomic E-state index is 9.32. The van der Waals surface area contributed by atoms with E-state index in [1.54, 1.807) is 26.4 Å². The van der Waals surface area contributed by atoms with E-state index in [2.05, 4.69) is 109 Å². The molecule has 0 unspecified atom stereocenters. The fourth-order valence-electron chi connectivity index (χ4n) is 8.79. The zero-order valence-electron chi connectivity index (χ0n) is 36.1. The van der Waals surface area contributed by atoms with Crippen LogP contribution in [0.5, 0.6) is 11.5 Å². The molecule has 2 aromatic heterocycles. The van der Waals surface area contributed by atoms with Crippen molar-refractivity contribution < 1.29 is 28.4 Å². The summed E-state index contributed by atoms with van der Waals surface area (Å²) in [5.41, 5.74) is 10.5. The summed E-state index contributed by atoms with van der Waals surface area (Å²) in [5, 5.41) is 28.8. The van der Waals surface area contributed by atoms with Gasteiger partial charge in [0, 0.05) is 26.6 Å². The van der Waals surface area contributed by atoms with Gasteiger partial charge >= 0.3 is 7.12 Å². The molecule has 2 N–H and O–H groups in total. The van der Waals surface area contributed by atoms with E-state index in [1.807, 2.05) is 84.9 Å². The Kier molecular flexibility index (Phi) is 11.7. The summed E-state index contributed by atoms with van der Waals surface area (Å²) in [7, 11) is 1.83. The highest BCUT2D eigenvalue weighted by atomic mass is 35.5. The van der Waals surface area contributed by atoms with Gasteiger partial charge in [-0.3, -0.25) is 0 Å². The quantitative estimate of drug-likeness (QED) is 0.162. The fraction of sp³-hybridized carbons (Fsp3) is 0.0345. The van der Waals surface area contributed by atoms with Crippen LogP contribution in [0, 0.1) is 0 Å². The topological polar surface area (TPSA) is 85.2 Å². The van der Waals surface area contributed by atoms with E-state index in [0.29, 0.717) is 5.46 Å². The van der Waals surface area contributed by atoms with Crippen molar-refractivity contribution in [1.82, 2.24) is 0 Å². The van der Waals surface area contributed by atoms with Crippen molar-refractivity contribution in [3.05, 3.63) is 211 Å². The first-order chi connectivity index (χ1) is 32.4. The first-order valence-electron chi connectivity index (χ1n) is 21.5. The Morgan fingerprint density at radius 3 is 1.41 bits per heavy atom. The molecule has 10 aromatic carbocycles. The van der Waals surface area contributed by atoms with E-state index in [9.17, 15) is 10.0 Å². The zero-order valence-corrected chi connectivity index (χ0v) is 36.9. The predicted molar refractivity (Wildman–Crippen MR) is 273 cm³/mol. The van der Waals surface area contributed by atoms with Crippen LogP contribution in [0.1, 0.15) is 0 Å². The molecule has 12 aromatic rings. The molecule has 8 heteroatoms. The van der Waals surface area contributed by atoms with Crippen molar-refractivity contribution in [2.45, 2.75) is 0 Å². The molecule has 0 aliphatic carbocycles. The minimum absolute atomic E-state index is 0.487.